The molecule has 0 spiro atoms. The van der Waals surface area contributed by atoms with Gasteiger partial charge in [0, 0.05) is 46.0 Å². The Labute approximate surface area is 159 Å². The molecule has 26 heavy (non-hydrogen) atoms. The van der Waals surface area contributed by atoms with Crippen LogP contribution < -0.4 is 10.2 Å². The maximum absolute atomic E-state index is 11.5. The van der Waals surface area contributed by atoms with Crippen LogP contribution in [0.25, 0.3) is 0 Å². The fourth-order valence-corrected chi connectivity index (χ4v) is 4.37. The molecule has 0 amide bonds. The highest BCUT2D eigenvalue weighted by Gasteiger charge is 2.20. The number of hydrogen-bond donors (Lipinski definition) is 1. The second-order valence-electron chi connectivity index (χ2n) is 6.24. The quantitative estimate of drug-likeness (QED) is 0.637. The second kappa shape index (κ2) is 8.09. The van der Waals surface area contributed by atoms with E-state index in [1.807, 2.05) is 12.1 Å². The SMILES string of the molecule is CN=C(NCc1ccc(S(C)(=O)=O)cc1)N1CCN(c2cccs2)CC1. The lowest BCUT2D eigenvalue weighted by atomic mass is 10.2. The van der Waals surface area contributed by atoms with Gasteiger partial charge < -0.3 is 15.1 Å². The van der Waals surface area contributed by atoms with E-state index in [1.165, 1.54) is 11.3 Å². The summed E-state index contributed by atoms with van der Waals surface area (Å²) in [6, 6.07) is 11.2. The van der Waals surface area contributed by atoms with Gasteiger partial charge in [0.05, 0.1) is 9.90 Å². The van der Waals surface area contributed by atoms with Gasteiger partial charge in [0.1, 0.15) is 0 Å². The van der Waals surface area contributed by atoms with Crippen molar-refractivity contribution in [3.63, 3.8) is 0 Å². The predicted octanol–water partition coefficient (Wildman–Crippen LogP) is 2.05. The molecule has 0 aliphatic carbocycles. The summed E-state index contributed by atoms with van der Waals surface area (Å²) >= 11 is 1.77. The van der Waals surface area contributed by atoms with E-state index in [0.29, 0.717) is 11.4 Å². The van der Waals surface area contributed by atoms with Crippen LogP contribution in [0.4, 0.5) is 5.00 Å². The Hall–Kier alpha value is -2.06. The van der Waals surface area contributed by atoms with Gasteiger partial charge in [-0.1, -0.05) is 12.1 Å². The zero-order chi connectivity index (χ0) is 18.6. The number of anilines is 1. The molecule has 0 radical (unpaired) electrons. The lowest BCUT2D eigenvalue weighted by Gasteiger charge is -2.37. The van der Waals surface area contributed by atoms with E-state index in [-0.39, 0.29) is 0 Å². The van der Waals surface area contributed by atoms with Crippen LogP contribution in [0.1, 0.15) is 5.56 Å². The minimum absolute atomic E-state index is 0.343. The van der Waals surface area contributed by atoms with Gasteiger partial charge in [-0.2, -0.15) is 0 Å². The Morgan fingerprint density at radius 1 is 1.15 bits per heavy atom. The van der Waals surface area contributed by atoms with Crippen molar-refractivity contribution in [3.8, 4) is 0 Å². The molecule has 1 aromatic heterocycles. The monoisotopic (exact) mass is 392 g/mol. The molecule has 1 aliphatic rings. The number of hydrogen-bond acceptors (Lipinski definition) is 5. The molecule has 3 rings (SSSR count). The summed E-state index contributed by atoms with van der Waals surface area (Å²) < 4.78 is 23.1. The minimum atomic E-state index is -3.15. The molecule has 0 atom stereocenters. The van der Waals surface area contributed by atoms with E-state index in [9.17, 15) is 8.42 Å². The molecule has 140 valence electrons. The largest absolute Gasteiger partial charge is 0.360 e. The van der Waals surface area contributed by atoms with Crippen LogP contribution in [0, 0.1) is 0 Å². The number of guanidine groups is 1. The van der Waals surface area contributed by atoms with Crippen molar-refractivity contribution in [2.45, 2.75) is 11.4 Å². The van der Waals surface area contributed by atoms with Crippen LogP contribution in [-0.2, 0) is 16.4 Å². The highest BCUT2D eigenvalue weighted by molar-refractivity contribution is 7.90. The lowest BCUT2D eigenvalue weighted by molar-refractivity contribution is 0.373. The lowest BCUT2D eigenvalue weighted by Crippen LogP contribution is -2.52. The number of rotatable bonds is 4. The molecule has 1 N–H and O–H groups in total. The van der Waals surface area contributed by atoms with Gasteiger partial charge >= 0.3 is 0 Å². The van der Waals surface area contributed by atoms with E-state index < -0.39 is 9.84 Å². The standard InChI is InChI=1S/C18H24N4O2S2/c1-19-18(20-14-15-5-7-16(8-6-15)26(2,23)24)22-11-9-21(10-12-22)17-4-3-13-25-17/h3-8,13H,9-12,14H2,1-2H3,(H,19,20). The van der Waals surface area contributed by atoms with Crippen molar-refractivity contribution in [1.82, 2.24) is 10.2 Å². The van der Waals surface area contributed by atoms with Crippen LogP contribution >= 0.6 is 11.3 Å². The summed E-state index contributed by atoms with van der Waals surface area (Å²) in [5.74, 6) is 0.878. The van der Waals surface area contributed by atoms with Gasteiger partial charge in [-0.15, -0.1) is 11.3 Å². The molecule has 0 bridgehead atoms. The van der Waals surface area contributed by atoms with Crippen LogP contribution in [-0.4, -0.2) is 58.8 Å². The van der Waals surface area contributed by atoms with E-state index in [1.54, 1.807) is 30.5 Å². The van der Waals surface area contributed by atoms with Gasteiger partial charge in [0.2, 0.25) is 0 Å². The zero-order valence-electron chi connectivity index (χ0n) is 15.1. The molecular formula is C18H24N4O2S2. The third-order valence-electron chi connectivity index (χ3n) is 4.41. The van der Waals surface area contributed by atoms with E-state index in [4.69, 9.17) is 0 Å². The number of aliphatic imine (C=N–C) groups is 1. The molecule has 1 saturated heterocycles. The molecule has 0 unspecified atom stereocenters. The van der Waals surface area contributed by atoms with Crippen LogP contribution in [0.2, 0.25) is 0 Å². The van der Waals surface area contributed by atoms with Crippen molar-refractivity contribution >= 4 is 32.1 Å². The maximum Gasteiger partial charge on any atom is 0.194 e. The molecule has 2 aromatic rings. The Kier molecular flexibility index (Phi) is 5.83. The Morgan fingerprint density at radius 3 is 2.38 bits per heavy atom. The number of thiophene rings is 1. The Bertz CT molecular complexity index is 838. The summed E-state index contributed by atoms with van der Waals surface area (Å²) in [6.07, 6.45) is 1.22. The van der Waals surface area contributed by atoms with Gasteiger partial charge in [0.25, 0.3) is 0 Å². The average Bonchev–Trinajstić information content (AvgIpc) is 3.17. The van der Waals surface area contributed by atoms with Crippen molar-refractivity contribution < 1.29 is 8.42 Å². The normalized spacial score (nSPS) is 16.0. The molecular weight excluding hydrogens is 368 g/mol. The molecule has 1 aliphatic heterocycles. The van der Waals surface area contributed by atoms with Crippen LogP contribution in [0.15, 0.2) is 51.7 Å². The molecule has 6 nitrogen and oxygen atoms in total. The third-order valence-corrected chi connectivity index (χ3v) is 6.47. The highest BCUT2D eigenvalue weighted by Crippen LogP contribution is 2.22. The molecule has 8 heteroatoms. The second-order valence-corrected chi connectivity index (χ2v) is 9.18. The van der Waals surface area contributed by atoms with Crippen LogP contribution in [0.3, 0.4) is 0 Å². The number of piperazine rings is 1. The zero-order valence-corrected chi connectivity index (χ0v) is 16.7. The molecule has 1 fully saturated rings. The van der Waals surface area contributed by atoms with Gasteiger partial charge in [-0.25, -0.2) is 8.42 Å². The number of benzene rings is 1. The first kappa shape index (κ1) is 18.7. The summed E-state index contributed by atoms with van der Waals surface area (Å²) in [5, 5.41) is 6.80. The maximum atomic E-state index is 11.5. The molecule has 0 saturated carbocycles. The summed E-state index contributed by atoms with van der Waals surface area (Å²) in [4.78, 5) is 9.39. The minimum Gasteiger partial charge on any atom is -0.360 e. The fourth-order valence-electron chi connectivity index (χ4n) is 2.96. The Morgan fingerprint density at radius 2 is 1.85 bits per heavy atom. The number of nitrogens with one attached hydrogen (secondary N) is 1. The topological polar surface area (TPSA) is 65.0 Å². The summed E-state index contributed by atoms with van der Waals surface area (Å²) in [5.41, 5.74) is 1.02. The molecule has 2 heterocycles. The molecule has 1 aromatic carbocycles. The fraction of sp³-hybridized carbons (Fsp3) is 0.389. The van der Waals surface area contributed by atoms with Gasteiger partial charge in [-0.3, -0.25) is 4.99 Å². The number of sulfone groups is 1. The number of nitrogens with zero attached hydrogens (tertiary/aromatic N) is 3. The van der Waals surface area contributed by atoms with Crippen molar-refractivity contribution in [2.75, 3.05) is 44.4 Å². The highest BCUT2D eigenvalue weighted by atomic mass is 32.2. The van der Waals surface area contributed by atoms with Gasteiger partial charge in [-0.05, 0) is 35.2 Å². The smallest absolute Gasteiger partial charge is 0.194 e. The van der Waals surface area contributed by atoms with Crippen molar-refractivity contribution in [1.29, 1.82) is 0 Å². The average molecular weight is 393 g/mol. The van der Waals surface area contributed by atoms with E-state index in [2.05, 4.69) is 37.6 Å². The first-order valence-electron chi connectivity index (χ1n) is 8.50. The first-order chi connectivity index (χ1) is 12.5. The van der Waals surface area contributed by atoms with E-state index in [0.717, 1.165) is 37.7 Å². The first-order valence-corrected chi connectivity index (χ1v) is 11.3. The summed E-state index contributed by atoms with van der Waals surface area (Å²) in [6.45, 7) is 4.41. The predicted molar refractivity (Wildman–Crippen MR) is 108 cm³/mol. The van der Waals surface area contributed by atoms with Crippen molar-refractivity contribution in [3.05, 3.63) is 47.3 Å². The van der Waals surface area contributed by atoms with Crippen LogP contribution in [0.5, 0.6) is 0 Å². The third kappa shape index (κ3) is 4.56. The van der Waals surface area contributed by atoms with E-state index >= 15 is 0 Å². The Balaban J connectivity index is 1.54. The summed E-state index contributed by atoms with van der Waals surface area (Å²) in [7, 11) is -1.36. The van der Waals surface area contributed by atoms with Gasteiger partial charge in [0.15, 0.2) is 15.8 Å². The van der Waals surface area contributed by atoms with Crippen molar-refractivity contribution in [2.24, 2.45) is 4.99 Å².